The van der Waals surface area contributed by atoms with Crippen molar-refractivity contribution >= 4 is 17.6 Å². The van der Waals surface area contributed by atoms with Gasteiger partial charge in [-0.05, 0) is 35.2 Å². The predicted molar refractivity (Wildman–Crippen MR) is 97.7 cm³/mol. The average molecular weight is 337 g/mol. The number of hydrogen-bond donors (Lipinski definition) is 0. The summed E-state index contributed by atoms with van der Waals surface area (Å²) in [4.78, 5) is 26.3. The van der Waals surface area contributed by atoms with Gasteiger partial charge in [-0.3, -0.25) is 9.59 Å². The van der Waals surface area contributed by atoms with Crippen molar-refractivity contribution < 1.29 is 14.3 Å². The summed E-state index contributed by atoms with van der Waals surface area (Å²) in [6, 6.07) is 17.0. The molecule has 4 heteroatoms. The molecule has 130 valence electrons. The Morgan fingerprint density at radius 2 is 1.68 bits per heavy atom. The smallest absolute Gasteiger partial charge is 0.316 e. The standard InChI is InChI=1S/C21H23NO3/c1-21(2,3)16-9-11-18(12-10-16)25-20(24)15-13-19(23)22(14-15)17-7-5-4-6-8-17/h4-12,15H,13-14H2,1-3H3/t15-/m0/s1. The molecule has 0 unspecified atom stereocenters. The second-order valence-electron chi connectivity index (χ2n) is 7.44. The van der Waals surface area contributed by atoms with E-state index in [1.807, 2.05) is 54.6 Å². The third-order valence-electron chi connectivity index (χ3n) is 4.47. The minimum atomic E-state index is -0.435. The van der Waals surface area contributed by atoms with Crippen molar-refractivity contribution in [3.8, 4) is 5.75 Å². The molecule has 0 spiro atoms. The van der Waals surface area contributed by atoms with E-state index in [0.717, 1.165) is 5.69 Å². The van der Waals surface area contributed by atoms with Gasteiger partial charge in [-0.2, -0.15) is 0 Å². The van der Waals surface area contributed by atoms with Crippen LogP contribution < -0.4 is 9.64 Å². The van der Waals surface area contributed by atoms with Gasteiger partial charge in [0.25, 0.3) is 0 Å². The zero-order valence-electron chi connectivity index (χ0n) is 14.9. The highest BCUT2D eigenvalue weighted by Gasteiger charge is 2.36. The molecule has 2 aromatic carbocycles. The number of rotatable bonds is 3. The van der Waals surface area contributed by atoms with Crippen LogP contribution in [0.2, 0.25) is 0 Å². The Morgan fingerprint density at radius 1 is 1.04 bits per heavy atom. The van der Waals surface area contributed by atoms with Crippen LogP contribution in [0.5, 0.6) is 5.75 Å². The number of carbonyl (C=O) groups excluding carboxylic acids is 2. The van der Waals surface area contributed by atoms with Gasteiger partial charge in [0, 0.05) is 18.7 Å². The van der Waals surface area contributed by atoms with Gasteiger partial charge in [-0.25, -0.2) is 0 Å². The molecule has 0 radical (unpaired) electrons. The van der Waals surface area contributed by atoms with Gasteiger partial charge < -0.3 is 9.64 Å². The molecule has 2 aromatic rings. The molecule has 4 nitrogen and oxygen atoms in total. The van der Waals surface area contributed by atoms with Crippen molar-refractivity contribution in [3.63, 3.8) is 0 Å². The van der Waals surface area contributed by atoms with E-state index in [2.05, 4.69) is 20.8 Å². The van der Waals surface area contributed by atoms with E-state index >= 15 is 0 Å². The van der Waals surface area contributed by atoms with Crippen molar-refractivity contribution in [1.82, 2.24) is 0 Å². The molecule has 25 heavy (non-hydrogen) atoms. The summed E-state index contributed by atoms with van der Waals surface area (Å²) in [7, 11) is 0. The molecule has 0 aliphatic carbocycles. The molecule has 1 fully saturated rings. The molecule has 3 rings (SSSR count). The topological polar surface area (TPSA) is 46.6 Å². The monoisotopic (exact) mass is 337 g/mol. The quantitative estimate of drug-likeness (QED) is 0.629. The Labute approximate surface area is 148 Å². The van der Waals surface area contributed by atoms with Gasteiger partial charge >= 0.3 is 5.97 Å². The van der Waals surface area contributed by atoms with Crippen LogP contribution in [0.1, 0.15) is 32.8 Å². The van der Waals surface area contributed by atoms with E-state index in [4.69, 9.17) is 4.74 Å². The van der Waals surface area contributed by atoms with Gasteiger partial charge in [0.05, 0.1) is 5.92 Å². The first-order valence-corrected chi connectivity index (χ1v) is 8.52. The van der Waals surface area contributed by atoms with Gasteiger partial charge in [-0.15, -0.1) is 0 Å². The molecule has 1 saturated heterocycles. The predicted octanol–water partition coefficient (Wildman–Crippen LogP) is 3.94. The first-order chi connectivity index (χ1) is 11.8. The number of anilines is 1. The minimum absolute atomic E-state index is 0.0452. The maximum absolute atomic E-state index is 12.4. The maximum Gasteiger partial charge on any atom is 0.316 e. The highest BCUT2D eigenvalue weighted by atomic mass is 16.5. The van der Waals surface area contributed by atoms with E-state index in [1.54, 1.807) is 4.90 Å². The van der Waals surface area contributed by atoms with Gasteiger partial charge in [0.15, 0.2) is 0 Å². The SMILES string of the molecule is CC(C)(C)c1ccc(OC(=O)[C@H]2CC(=O)N(c3ccccc3)C2)cc1. The summed E-state index contributed by atoms with van der Waals surface area (Å²) in [5, 5.41) is 0. The molecule has 0 aromatic heterocycles. The summed E-state index contributed by atoms with van der Waals surface area (Å²) in [6.45, 7) is 6.77. The molecule has 1 aliphatic rings. The summed E-state index contributed by atoms with van der Waals surface area (Å²) in [5.41, 5.74) is 2.05. The second kappa shape index (κ2) is 6.71. The highest BCUT2D eigenvalue weighted by molar-refractivity contribution is 5.99. The second-order valence-corrected chi connectivity index (χ2v) is 7.44. The van der Waals surface area contributed by atoms with E-state index in [1.165, 1.54) is 5.56 Å². The largest absolute Gasteiger partial charge is 0.426 e. The molecule has 1 aliphatic heterocycles. The lowest BCUT2D eigenvalue weighted by Crippen LogP contribution is -2.27. The first-order valence-electron chi connectivity index (χ1n) is 8.52. The lowest BCUT2D eigenvalue weighted by molar-refractivity contribution is -0.139. The molecule has 0 N–H and O–H groups in total. The van der Waals surface area contributed by atoms with Crippen LogP contribution in [0.25, 0.3) is 0 Å². The number of amides is 1. The average Bonchev–Trinajstić information content (AvgIpc) is 2.97. The molecule has 1 atom stereocenters. The Kier molecular flexibility index (Phi) is 4.62. The fourth-order valence-electron chi connectivity index (χ4n) is 2.95. The van der Waals surface area contributed by atoms with Crippen molar-refractivity contribution in [2.45, 2.75) is 32.6 Å². The number of esters is 1. The van der Waals surface area contributed by atoms with Crippen molar-refractivity contribution in [2.75, 3.05) is 11.4 Å². The van der Waals surface area contributed by atoms with Gasteiger partial charge in [0.2, 0.25) is 5.91 Å². The number of hydrogen-bond acceptors (Lipinski definition) is 3. The third-order valence-corrected chi connectivity index (χ3v) is 4.47. The number of carbonyl (C=O) groups is 2. The Morgan fingerprint density at radius 3 is 2.28 bits per heavy atom. The Balaban J connectivity index is 1.65. The lowest BCUT2D eigenvalue weighted by Gasteiger charge is -2.19. The highest BCUT2D eigenvalue weighted by Crippen LogP contribution is 2.27. The number of benzene rings is 2. The molecule has 1 amide bonds. The normalized spacial score (nSPS) is 17.6. The molecule has 0 bridgehead atoms. The zero-order chi connectivity index (χ0) is 18.0. The molecular formula is C21H23NO3. The first kappa shape index (κ1) is 17.2. The van der Waals surface area contributed by atoms with Crippen LogP contribution in [-0.2, 0) is 15.0 Å². The lowest BCUT2D eigenvalue weighted by atomic mass is 9.87. The van der Waals surface area contributed by atoms with Crippen molar-refractivity contribution in [3.05, 3.63) is 60.2 Å². The van der Waals surface area contributed by atoms with Crippen LogP contribution in [0.3, 0.4) is 0 Å². The van der Waals surface area contributed by atoms with E-state index < -0.39 is 5.92 Å². The van der Waals surface area contributed by atoms with Crippen LogP contribution >= 0.6 is 0 Å². The van der Waals surface area contributed by atoms with Crippen LogP contribution in [0, 0.1) is 5.92 Å². The number of nitrogens with zero attached hydrogens (tertiary/aromatic N) is 1. The van der Waals surface area contributed by atoms with E-state index in [0.29, 0.717) is 12.3 Å². The number of para-hydroxylation sites is 1. The van der Waals surface area contributed by atoms with E-state index in [-0.39, 0.29) is 23.7 Å². The molecule has 0 saturated carbocycles. The van der Waals surface area contributed by atoms with E-state index in [9.17, 15) is 9.59 Å². The summed E-state index contributed by atoms with van der Waals surface area (Å²) >= 11 is 0. The van der Waals surface area contributed by atoms with Gasteiger partial charge in [0.1, 0.15) is 5.75 Å². The Hall–Kier alpha value is -2.62. The Bertz CT molecular complexity index is 760. The van der Waals surface area contributed by atoms with Crippen LogP contribution in [0.4, 0.5) is 5.69 Å². The molecule has 1 heterocycles. The van der Waals surface area contributed by atoms with Gasteiger partial charge in [-0.1, -0.05) is 51.1 Å². The minimum Gasteiger partial charge on any atom is -0.426 e. The summed E-state index contributed by atoms with van der Waals surface area (Å²) < 4.78 is 5.48. The van der Waals surface area contributed by atoms with Crippen LogP contribution in [0.15, 0.2) is 54.6 Å². The maximum atomic E-state index is 12.4. The summed E-state index contributed by atoms with van der Waals surface area (Å²) in [5.74, 6) is -0.315. The van der Waals surface area contributed by atoms with Crippen molar-refractivity contribution in [1.29, 1.82) is 0 Å². The third kappa shape index (κ3) is 3.90. The molecular weight excluding hydrogens is 314 g/mol. The van der Waals surface area contributed by atoms with Crippen molar-refractivity contribution in [2.24, 2.45) is 5.92 Å². The van der Waals surface area contributed by atoms with Crippen LogP contribution in [-0.4, -0.2) is 18.4 Å². The fourth-order valence-corrected chi connectivity index (χ4v) is 2.95. The summed E-state index contributed by atoms with van der Waals surface area (Å²) in [6.07, 6.45) is 0.188. The zero-order valence-corrected chi connectivity index (χ0v) is 14.9. The fraction of sp³-hybridized carbons (Fsp3) is 0.333. The number of ether oxygens (including phenoxy) is 1.